The number of nitrogens with one attached hydrogen (secondary N) is 1. The fraction of sp³-hybridized carbons (Fsp3) is 0.235. The zero-order valence-electron chi connectivity index (χ0n) is 13.0. The van der Waals surface area contributed by atoms with Crippen molar-refractivity contribution in [3.8, 4) is 17.2 Å². The van der Waals surface area contributed by atoms with E-state index in [9.17, 15) is 4.79 Å². The number of ether oxygens (including phenoxy) is 3. The van der Waals surface area contributed by atoms with E-state index in [-0.39, 0.29) is 5.91 Å². The van der Waals surface area contributed by atoms with Gasteiger partial charge < -0.3 is 19.5 Å². The molecule has 5 nitrogen and oxygen atoms in total. The van der Waals surface area contributed by atoms with Gasteiger partial charge in [-0.05, 0) is 42.5 Å². The van der Waals surface area contributed by atoms with Crippen LogP contribution in [-0.2, 0) is 0 Å². The van der Waals surface area contributed by atoms with Crippen molar-refractivity contribution in [1.82, 2.24) is 5.32 Å². The summed E-state index contributed by atoms with van der Waals surface area (Å²) in [6, 6.07) is 12.1. The molecular weight excluding hydrogens is 318 g/mol. The van der Waals surface area contributed by atoms with Crippen LogP contribution in [0.5, 0.6) is 17.2 Å². The van der Waals surface area contributed by atoms with Crippen molar-refractivity contribution in [3.63, 3.8) is 0 Å². The first kappa shape index (κ1) is 17.0. The van der Waals surface area contributed by atoms with E-state index in [1.54, 1.807) is 49.6 Å². The first-order chi connectivity index (χ1) is 11.1. The van der Waals surface area contributed by atoms with E-state index in [0.717, 1.165) is 0 Å². The number of hydrogen-bond donors (Lipinski definition) is 1. The third-order valence-electron chi connectivity index (χ3n) is 3.12. The topological polar surface area (TPSA) is 56.8 Å². The second-order valence-electron chi connectivity index (χ2n) is 4.63. The molecule has 0 bridgehead atoms. The third-order valence-corrected chi connectivity index (χ3v) is 3.37. The smallest absolute Gasteiger partial charge is 0.251 e. The summed E-state index contributed by atoms with van der Waals surface area (Å²) in [6.45, 7) is 0.746. The molecule has 1 amide bonds. The van der Waals surface area contributed by atoms with Crippen molar-refractivity contribution in [3.05, 3.63) is 53.1 Å². The minimum atomic E-state index is -0.203. The highest BCUT2D eigenvalue weighted by molar-refractivity contribution is 6.30. The van der Waals surface area contributed by atoms with Crippen molar-refractivity contribution in [2.45, 2.75) is 0 Å². The molecule has 0 spiro atoms. The van der Waals surface area contributed by atoms with E-state index < -0.39 is 0 Å². The standard InChI is InChI=1S/C17H18ClNO4/c1-21-15-8-3-12(11-16(15)22-2)17(20)19-9-10-23-14-6-4-13(18)5-7-14/h3-8,11H,9-10H2,1-2H3,(H,19,20). The molecule has 2 aromatic carbocycles. The van der Waals surface area contributed by atoms with Crippen LogP contribution in [0.15, 0.2) is 42.5 Å². The van der Waals surface area contributed by atoms with Crippen LogP contribution in [0.4, 0.5) is 0 Å². The van der Waals surface area contributed by atoms with Gasteiger partial charge in [0.1, 0.15) is 12.4 Å². The molecule has 0 unspecified atom stereocenters. The Labute approximate surface area is 140 Å². The first-order valence-corrected chi connectivity index (χ1v) is 7.40. The fourth-order valence-corrected chi connectivity index (χ4v) is 2.07. The molecule has 0 saturated heterocycles. The summed E-state index contributed by atoms with van der Waals surface area (Å²) >= 11 is 5.80. The van der Waals surface area contributed by atoms with Gasteiger partial charge in [0.15, 0.2) is 11.5 Å². The monoisotopic (exact) mass is 335 g/mol. The fourth-order valence-electron chi connectivity index (χ4n) is 1.94. The largest absolute Gasteiger partial charge is 0.493 e. The van der Waals surface area contributed by atoms with E-state index >= 15 is 0 Å². The van der Waals surface area contributed by atoms with Crippen LogP contribution >= 0.6 is 11.6 Å². The van der Waals surface area contributed by atoms with Gasteiger partial charge in [-0.1, -0.05) is 11.6 Å². The maximum absolute atomic E-state index is 12.1. The lowest BCUT2D eigenvalue weighted by atomic mass is 10.2. The highest BCUT2D eigenvalue weighted by Crippen LogP contribution is 2.27. The molecule has 122 valence electrons. The average molecular weight is 336 g/mol. The molecule has 0 heterocycles. The van der Waals surface area contributed by atoms with Crippen molar-refractivity contribution in [2.75, 3.05) is 27.4 Å². The van der Waals surface area contributed by atoms with Gasteiger partial charge in [-0.2, -0.15) is 0 Å². The van der Waals surface area contributed by atoms with Gasteiger partial charge >= 0.3 is 0 Å². The van der Waals surface area contributed by atoms with Crippen molar-refractivity contribution in [2.24, 2.45) is 0 Å². The Balaban J connectivity index is 1.83. The summed E-state index contributed by atoms with van der Waals surface area (Å²) in [7, 11) is 3.07. The molecule has 2 aromatic rings. The summed E-state index contributed by atoms with van der Waals surface area (Å²) in [5.41, 5.74) is 0.495. The molecule has 0 aromatic heterocycles. The Kier molecular flexibility index (Phi) is 6.11. The van der Waals surface area contributed by atoms with Gasteiger partial charge in [0.2, 0.25) is 0 Å². The van der Waals surface area contributed by atoms with Crippen molar-refractivity contribution in [1.29, 1.82) is 0 Å². The number of benzene rings is 2. The van der Waals surface area contributed by atoms with Crippen LogP contribution in [0.2, 0.25) is 5.02 Å². The molecule has 0 radical (unpaired) electrons. The summed E-state index contributed by atoms with van der Waals surface area (Å²) in [5.74, 6) is 1.59. The van der Waals surface area contributed by atoms with Gasteiger partial charge in [-0.25, -0.2) is 0 Å². The molecule has 0 aliphatic carbocycles. The van der Waals surface area contributed by atoms with E-state index in [0.29, 0.717) is 41.0 Å². The highest BCUT2D eigenvalue weighted by Gasteiger charge is 2.10. The number of rotatable bonds is 7. The molecule has 6 heteroatoms. The number of hydrogen-bond acceptors (Lipinski definition) is 4. The molecule has 0 saturated carbocycles. The predicted octanol–water partition coefficient (Wildman–Crippen LogP) is 3.17. The predicted molar refractivity (Wildman–Crippen MR) is 88.8 cm³/mol. The molecule has 0 aliphatic heterocycles. The lowest BCUT2D eigenvalue weighted by molar-refractivity contribution is 0.0946. The Morgan fingerprint density at radius 1 is 1.04 bits per heavy atom. The van der Waals surface area contributed by atoms with Gasteiger partial charge in [0.05, 0.1) is 20.8 Å². The average Bonchev–Trinajstić information content (AvgIpc) is 2.59. The number of halogens is 1. The van der Waals surface area contributed by atoms with Crippen LogP contribution in [0, 0.1) is 0 Å². The molecule has 2 rings (SSSR count). The SMILES string of the molecule is COc1ccc(C(=O)NCCOc2ccc(Cl)cc2)cc1OC. The van der Waals surface area contributed by atoms with E-state index in [1.165, 1.54) is 7.11 Å². The molecule has 0 fully saturated rings. The molecule has 1 N–H and O–H groups in total. The summed E-state index contributed by atoms with van der Waals surface area (Å²) in [6.07, 6.45) is 0. The maximum atomic E-state index is 12.1. The van der Waals surface area contributed by atoms with Gasteiger partial charge in [-0.3, -0.25) is 4.79 Å². The van der Waals surface area contributed by atoms with Crippen LogP contribution in [0.3, 0.4) is 0 Å². The first-order valence-electron chi connectivity index (χ1n) is 7.02. The second-order valence-corrected chi connectivity index (χ2v) is 5.06. The van der Waals surface area contributed by atoms with Gasteiger partial charge in [0.25, 0.3) is 5.91 Å². The van der Waals surface area contributed by atoms with Crippen LogP contribution in [0.1, 0.15) is 10.4 Å². The van der Waals surface area contributed by atoms with Crippen molar-refractivity contribution >= 4 is 17.5 Å². The summed E-state index contributed by atoms with van der Waals surface area (Å²) in [5, 5.41) is 3.43. The lowest BCUT2D eigenvalue weighted by Gasteiger charge is -2.10. The van der Waals surface area contributed by atoms with Crippen LogP contribution in [0.25, 0.3) is 0 Å². The molecule has 0 aliphatic rings. The van der Waals surface area contributed by atoms with E-state index in [4.69, 9.17) is 25.8 Å². The minimum absolute atomic E-state index is 0.203. The summed E-state index contributed by atoms with van der Waals surface area (Å²) in [4.78, 5) is 12.1. The Hall–Kier alpha value is -2.40. The highest BCUT2D eigenvalue weighted by atomic mass is 35.5. The Bertz CT molecular complexity index is 658. The lowest BCUT2D eigenvalue weighted by Crippen LogP contribution is -2.28. The number of carbonyl (C=O) groups is 1. The minimum Gasteiger partial charge on any atom is -0.493 e. The number of amides is 1. The quantitative estimate of drug-likeness (QED) is 0.790. The van der Waals surface area contributed by atoms with Gasteiger partial charge in [0, 0.05) is 10.6 Å². The summed E-state index contributed by atoms with van der Waals surface area (Å²) < 4.78 is 15.8. The Morgan fingerprint density at radius 2 is 1.74 bits per heavy atom. The zero-order chi connectivity index (χ0) is 16.7. The maximum Gasteiger partial charge on any atom is 0.251 e. The second kappa shape index (κ2) is 8.29. The number of methoxy groups -OCH3 is 2. The number of carbonyl (C=O) groups excluding carboxylic acids is 1. The van der Waals surface area contributed by atoms with Crippen LogP contribution in [-0.4, -0.2) is 33.3 Å². The zero-order valence-corrected chi connectivity index (χ0v) is 13.7. The van der Waals surface area contributed by atoms with Crippen molar-refractivity contribution < 1.29 is 19.0 Å². The van der Waals surface area contributed by atoms with E-state index in [2.05, 4.69) is 5.32 Å². The molecular formula is C17H18ClNO4. The molecule has 0 atom stereocenters. The van der Waals surface area contributed by atoms with E-state index in [1.807, 2.05) is 0 Å². The normalized spacial score (nSPS) is 10.0. The molecule has 23 heavy (non-hydrogen) atoms. The Morgan fingerprint density at radius 3 is 2.39 bits per heavy atom. The third kappa shape index (κ3) is 4.79. The van der Waals surface area contributed by atoms with Crippen LogP contribution < -0.4 is 19.5 Å². The van der Waals surface area contributed by atoms with Gasteiger partial charge in [-0.15, -0.1) is 0 Å².